The number of hydrogen-bond acceptors (Lipinski definition) is 3. The normalized spacial score (nSPS) is 14.2. The van der Waals surface area contributed by atoms with Crippen LogP contribution in [0.1, 0.15) is 23.2 Å². The highest BCUT2D eigenvalue weighted by molar-refractivity contribution is 5.78. The molecule has 0 aliphatic heterocycles. The smallest absolute Gasteiger partial charge is 0.151 e. The Balaban J connectivity index is 1.91. The number of aldehydes is 1. The van der Waals surface area contributed by atoms with Gasteiger partial charge in [-0.1, -0.05) is 12.1 Å². The van der Waals surface area contributed by atoms with Crippen LogP contribution in [0.15, 0.2) is 42.7 Å². The molecule has 1 heterocycles. The van der Waals surface area contributed by atoms with Gasteiger partial charge in [0.25, 0.3) is 0 Å². The van der Waals surface area contributed by atoms with Gasteiger partial charge in [0.1, 0.15) is 5.75 Å². The van der Waals surface area contributed by atoms with Crippen molar-refractivity contribution in [2.45, 2.75) is 18.9 Å². The first kappa shape index (κ1) is 11.0. The number of pyridine rings is 1. The van der Waals surface area contributed by atoms with Gasteiger partial charge in [0.2, 0.25) is 0 Å². The van der Waals surface area contributed by atoms with Gasteiger partial charge in [0.15, 0.2) is 6.29 Å². The average molecular weight is 239 g/mol. The van der Waals surface area contributed by atoms with E-state index < -0.39 is 0 Å². The third-order valence-corrected chi connectivity index (χ3v) is 2.89. The summed E-state index contributed by atoms with van der Waals surface area (Å²) >= 11 is 0. The zero-order valence-electron chi connectivity index (χ0n) is 9.87. The molecule has 1 aromatic carbocycles. The summed E-state index contributed by atoms with van der Waals surface area (Å²) in [6, 6.07) is 9.73. The van der Waals surface area contributed by atoms with Gasteiger partial charge in [0, 0.05) is 23.5 Å². The van der Waals surface area contributed by atoms with Crippen LogP contribution >= 0.6 is 0 Å². The monoisotopic (exact) mass is 239 g/mol. The Morgan fingerprint density at radius 1 is 1.17 bits per heavy atom. The van der Waals surface area contributed by atoms with Crippen LogP contribution in [0.25, 0.3) is 11.1 Å². The molecular formula is C15H13NO2. The molecule has 2 aromatic rings. The molecule has 1 saturated carbocycles. The minimum atomic E-state index is 0.389. The highest BCUT2D eigenvalue weighted by atomic mass is 16.5. The fourth-order valence-corrected chi connectivity index (χ4v) is 1.81. The minimum absolute atomic E-state index is 0.389. The van der Waals surface area contributed by atoms with Gasteiger partial charge < -0.3 is 4.74 Å². The first-order chi connectivity index (χ1) is 8.85. The summed E-state index contributed by atoms with van der Waals surface area (Å²) in [6.45, 7) is 0. The Morgan fingerprint density at radius 2 is 2.06 bits per heavy atom. The van der Waals surface area contributed by atoms with Crippen molar-refractivity contribution in [1.82, 2.24) is 4.98 Å². The number of carbonyl (C=O) groups is 1. The largest absolute Gasteiger partial charge is 0.490 e. The van der Waals surface area contributed by atoms with Crippen molar-refractivity contribution < 1.29 is 9.53 Å². The molecule has 0 bridgehead atoms. The van der Waals surface area contributed by atoms with Crippen molar-refractivity contribution in [3.63, 3.8) is 0 Å². The van der Waals surface area contributed by atoms with Crippen LogP contribution in [0.2, 0.25) is 0 Å². The van der Waals surface area contributed by atoms with Crippen LogP contribution in [-0.2, 0) is 0 Å². The zero-order chi connectivity index (χ0) is 12.4. The van der Waals surface area contributed by atoms with Crippen LogP contribution in [-0.4, -0.2) is 17.4 Å². The Labute approximate surface area is 105 Å². The van der Waals surface area contributed by atoms with E-state index in [0.717, 1.165) is 36.0 Å². The fraction of sp³-hybridized carbons (Fsp3) is 0.200. The van der Waals surface area contributed by atoms with Gasteiger partial charge in [0.05, 0.1) is 6.10 Å². The molecule has 0 saturated heterocycles. The predicted octanol–water partition coefficient (Wildman–Crippen LogP) is 3.10. The Bertz CT molecular complexity index is 576. The summed E-state index contributed by atoms with van der Waals surface area (Å²) in [5.74, 6) is 0.881. The van der Waals surface area contributed by atoms with E-state index in [2.05, 4.69) is 4.98 Å². The molecule has 3 rings (SSSR count). The van der Waals surface area contributed by atoms with Crippen molar-refractivity contribution in [3.8, 4) is 16.9 Å². The number of carbonyl (C=O) groups excluding carboxylic acids is 1. The van der Waals surface area contributed by atoms with Crippen LogP contribution in [0.5, 0.6) is 5.75 Å². The number of aromatic nitrogens is 1. The molecule has 1 aromatic heterocycles. The lowest BCUT2D eigenvalue weighted by atomic mass is 10.1. The second-order valence-corrected chi connectivity index (χ2v) is 4.47. The molecule has 0 N–H and O–H groups in total. The number of benzene rings is 1. The number of hydrogen-bond donors (Lipinski definition) is 0. The number of rotatable bonds is 4. The lowest BCUT2D eigenvalue weighted by molar-refractivity contribution is 0.112. The lowest BCUT2D eigenvalue weighted by Gasteiger charge is -2.07. The summed E-state index contributed by atoms with van der Waals surface area (Å²) in [7, 11) is 0. The highest BCUT2D eigenvalue weighted by Crippen LogP contribution is 2.29. The molecule has 90 valence electrons. The van der Waals surface area contributed by atoms with Gasteiger partial charge in [-0.2, -0.15) is 0 Å². The first-order valence-electron chi connectivity index (χ1n) is 6.02. The second-order valence-electron chi connectivity index (χ2n) is 4.47. The molecule has 3 nitrogen and oxygen atoms in total. The molecule has 1 fully saturated rings. The van der Waals surface area contributed by atoms with E-state index in [1.807, 2.05) is 30.3 Å². The Kier molecular flexibility index (Phi) is 2.81. The summed E-state index contributed by atoms with van der Waals surface area (Å²) in [4.78, 5) is 14.8. The first-order valence-corrected chi connectivity index (χ1v) is 6.02. The van der Waals surface area contributed by atoms with E-state index in [1.54, 1.807) is 12.4 Å². The molecule has 1 aliphatic rings. The average Bonchev–Trinajstić information content (AvgIpc) is 3.23. The van der Waals surface area contributed by atoms with Crippen molar-refractivity contribution >= 4 is 6.29 Å². The summed E-state index contributed by atoms with van der Waals surface area (Å²) in [6.07, 6.45) is 6.80. The molecule has 18 heavy (non-hydrogen) atoms. The molecular weight excluding hydrogens is 226 g/mol. The third kappa shape index (κ3) is 2.40. The summed E-state index contributed by atoms with van der Waals surface area (Å²) < 4.78 is 5.75. The summed E-state index contributed by atoms with van der Waals surface area (Å²) in [5, 5.41) is 0. The van der Waals surface area contributed by atoms with E-state index in [9.17, 15) is 4.79 Å². The number of nitrogens with zero attached hydrogens (tertiary/aromatic N) is 1. The molecule has 3 heteroatoms. The van der Waals surface area contributed by atoms with Crippen LogP contribution in [0.4, 0.5) is 0 Å². The third-order valence-electron chi connectivity index (χ3n) is 2.89. The number of ether oxygens (including phenoxy) is 1. The van der Waals surface area contributed by atoms with Crippen molar-refractivity contribution in [2.75, 3.05) is 0 Å². The molecule has 0 radical (unpaired) electrons. The van der Waals surface area contributed by atoms with E-state index in [-0.39, 0.29) is 0 Å². The molecule has 0 unspecified atom stereocenters. The van der Waals surface area contributed by atoms with E-state index in [1.165, 1.54) is 0 Å². The van der Waals surface area contributed by atoms with Crippen molar-refractivity contribution in [3.05, 3.63) is 48.3 Å². The summed E-state index contributed by atoms with van der Waals surface area (Å²) in [5.41, 5.74) is 2.53. The molecule has 0 atom stereocenters. The zero-order valence-corrected chi connectivity index (χ0v) is 9.87. The van der Waals surface area contributed by atoms with Gasteiger partial charge >= 0.3 is 0 Å². The van der Waals surface area contributed by atoms with Gasteiger partial charge in [-0.25, -0.2) is 0 Å². The van der Waals surface area contributed by atoms with Gasteiger partial charge in [-0.05, 0) is 36.6 Å². The van der Waals surface area contributed by atoms with Gasteiger partial charge in [-0.15, -0.1) is 0 Å². The SMILES string of the molecule is O=Cc1cncc(-c2cccc(OC3CC3)c2)c1. The fourth-order valence-electron chi connectivity index (χ4n) is 1.81. The standard InChI is InChI=1S/C15H13NO2/c17-10-11-6-13(9-16-8-11)12-2-1-3-15(7-12)18-14-4-5-14/h1-3,6-10,14H,4-5H2. The maximum absolute atomic E-state index is 10.7. The van der Waals surface area contributed by atoms with E-state index in [4.69, 9.17) is 4.74 Å². The van der Waals surface area contributed by atoms with Crippen LogP contribution < -0.4 is 4.74 Å². The highest BCUT2D eigenvalue weighted by Gasteiger charge is 2.23. The molecule has 1 aliphatic carbocycles. The Morgan fingerprint density at radius 3 is 2.83 bits per heavy atom. The lowest BCUT2D eigenvalue weighted by Crippen LogP contribution is -1.95. The second kappa shape index (κ2) is 4.61. The Hall–Kier alpha value is -2.16. The van der Waals surface area contributed by atoms with E-state index >= 15 is 0 Å². The van der Waals surface area contributed by atoms with Crippen molar-refractivity contribution in [2.24, 2.45) is 0 Å². The quantitative estimate of drug-likeness (QED) is 0.769. The predicted molar refractivity (Wildman–Crippen MR) is 68.7 cm³/mol. The molecule has 0 spiro atoms. The van der Waals surface area contributed by atoms with Crippen LogP contribution in [0.3, 0.4) is 0 Å². The molecule has 0 amide bonds. The van der Waals surface area contributed by atoms with Crippen LogP contribution in [0, 0.1) is 0 Å². The van der Waals surface area contributed by atoms with Gasteiger partial charge in [-0.3, -0.25) is 9.78 Å². The van der Waals surface area contributed by atoms with E-state index in [0.29, 0.717) is 11.7 Å². The topological polar surface area (TPSA) is 39.2 Å². The van der Waals surface area contributed by atoms with Crippen molar-refractivity contribution in [1.29, 1.82) is 0 Å². The maximum Gasteiger partial charge on any atom is 0.151 e. The minimum Gasteiger partial charge on any atom is -0.490 e. The maximum atomic E-state index is 10.7.